The molecule has 0 saturated carbocycles. The van der Waals surface area contributed by atoms with E-state index in [1.54, 1.807) is 0 Å². The van der Waals surface area contributed by atoms with E-state index in [0.29, 0.717) is 4.90 Å². The molecule has 2 aromatic rings. The molecule has 0 saturated heterocycles. The molecule has 1 aromatic carbocycles. The summed E-state index contributed by atoms with van der Waals surface area (Å²) in [7, 11) is 0. The van der Waals surface area contributed by atoms with Crippen molar-refractivity contribution in [2.45, 2.75) is 4.90 Å². The molecule has 8 heteroatoms. The van der Waals surface area contributed by atoms with Crippen molar-refractivity contribution in [2.24, 2.45) is 0 Å². The minimum atomic E-state index is -0.550. The summed E-state index contributed by atoms with van der Waals surface area (Å²) in [4.78, 5) is 35.0. The van der Waals surface area contributed by atoms with Gasteiger partial charge < -0.3 is 0 Å². The number of nitrogens with one attached hydrogen (secondary N) is 1. The number of nitro benzene ring substituents is 1. The lowest BCUT2D eigenvalue weighted by Gasteiger charge is -2.02. The Hall–Kier alpha value is -2.35. The molecule has 0 aliphatic heterocycles. The van der Waals surface area contributed by atoms with E-state index in [1.165, 1.54) is 40.5 Å². The molecule has 0 aliphatic rings. The third kappa shape index (κ3) is 2.66. The van der Waals surface area contributed by atoms with Gasteiger partial charge in [0.2, 0.25) is 0 Å². The van der Waals surface area contributed by atoms with Crippen molar-refractivity contribution in [3.63, 3.8) is 0 Å². The van der Waals surface area contributed by atoms with Crippen molar-refractivity contribution in [3.8, 4) is 0 Å². The van der Waals surface area contributed by atoms with Gasteiger partial charge >= 0.3 is 5.69 Å². The SMILES string of the molecule is O=c1ccn(Sc2ccc([N+](=O)[O-])cc2)c(=O)[nH]1. The summed E-state index contributed by atoms with van der Waals surface area (Å²) in [6, 6.07) is 6.97. The lowest BCUT2D eigenvalue weighted by atomic mass is 10.3. The lowest BCUT2D eigenvalue weighted by Crippen LogP contribution is -2.25. The van der Waals surface area contributed by atoms with E-state index in [9.17, 15) is 19.7 Å². The van der Waals surface area contributed by atoms with Crippen LogP contribution >= 0.6 is 11.9 Å². The van der Waals surface area contributed by atoms with Gasteiger partial charge in [0.25, 0.3) is 11.2 Å². The lowest BCUT2D eigenvalue weighted by molar-refractivity contribution is -0.384. The molecule has 1 N–H and O–H groups in total. The number of hydrogen-bond donors (Lipinski definition) is 1. The van der Waals surface area contributed by atoms with Crippen LogP contribution in [0.2, 0.25) is 0 Å². The number of hydrogen-bond acceptors (Lipinski definition) is 5. The minimum absolute atomic E-state index is 0.0202. The molecule has 1 aromatic heterocycles. The highest BCUT2D eigenvalue weighted by molar-refractivity contribution is 7.97. The molecular formula is C10H7N3O4S. The van der Waals surface area contributed by atoms with Gasteiger partial charge in [-0.2, -0.15) is 0 Å². The second kappa shape index (κ2) is 4.88. The normalized spacial score (nSPS) is 10.2. The molecule has 0 fully saturated rings. The van der Waals surface area contributed by atoms with E-state index in [0.717, 1.165) is 11.9 Å². The van der Waals surface area contributed by atoms with Gasteiger partial charge in [0.1, 0.15) is 0 Å². The Labute approximate surface area is 104 Å². The van der Waals surface area contributed by atoms with Crippen LogP contribution in [0.4, 0.5) is 5.69 Å². The fourth-order valence-electron chi connectivity index (χ4n) is 1.22. The molecule has 18 heavy (non-hydrogen) atoms. The number of H-pyrrole nitrogens is 1. The van der Waals surface area contributed by atoms with Crippen molar-refractivity contribution in [1.82, 2.24) is 8.96 Å². The molecule has 92 valence electrons. The maximum absolute atomic E-state index is 11.4. The van der Waals surface area contributed by atoms with Gasteiger partial charge in [-0.3, -0.25) is 19.9 Å². The first-order chi connectivity index (χ1) is 8.56. The van der Waals surface area contributed by atoms with Crippen molar-refractivity contribution < 1.29 is 4.92 Å². The highest BCUT2D eigenvalue weighted by Crippen LogP contribution is 2.21. The number of aromatic nitrogens is 2. The Kier molecular flexibility index (Phi) is 3.28. The summed E-state index contributed by atoms with van der Waals surface area (Å²) in [6.07, 6.45) is 1.34. The van der Waals surface area contributed by atoms with Crippen LogP contribution in [0.1, 0.15) is 0 Å². The predicted molar refractivity (Wildman–Crippen MR) is 65.7 cm³/mol. The Bertz CT molecular complexity index is 689. The smallest absolute Gasteiger partial charge is 0.273 e. The number of non-ortho nitro benzene ring substituents is 1. The Morgan fingerprint density at radius 1 is 1.17 bits per heavy atom. The number of nitrogens with zero attached hydrogens (tertiary/aromatic N) is 2. The monoisotopic (exact) mass is 265 g/mol. The first-order valence-electron chi connectivity index (χ1n) is 4.81. The van der Waals surface area contributed by atoms with Crippen LogP contribution in [0.15, 0.2) is 51.0 Å². The van der Waals surface area contributed by atoms with Crippen LogP contribution in [0.3, 0.4) is 0 Å². The van der Waals surface area contributed by atoms with Crippen LogP contribution in [0.25, 0.3) is 0 Å². The summed E-state index contributed by atoms with van der Waals surface area (Å²) in [6.45, 7) is 0. The van der Waals surface area contributed by atoms with Crippen molar-refractivity contribution >= 4 is 17.6 Å². The average molecular weight is 265 g/mol. The van der Waals surface area contributed by atoms with E-state index < -0.39 is 16.2 Å². The number of benzene rings is 1. The van der Waals surface area contributed by atoms with Crippen LogP contribution in [-0.4, -0.2) is 13.9 Å². The molecule has 0 amide bonds. The predicted octanol–water partition coefficient (Wildman–Crippen LogP) is 1.00. The van der Waals surface area contributed by atoms with Gasteiger partial charge in [-0.1, -0.05) is 0 Å². The molecule has 0 spiro atoms. The molecule has 7 nitrogen and oxygen atoms in total. The molecule has 0 unspecified atom stereocenters. The number of nitro groups is 1. The molecule has 1 heterocycles. The summed E-state index contributed by atoms with van der Waals surface area (Å²) in [5.74, 6) is 0. The highest BCUT2D eigenvalue weighted by Gasteiger charge is 2.05. The zero-order valence-electron chi connectivity index (χ0n) is 8.90. The van der Waals surface area contributed by atoms with E-state index in [-0.39, 0.29) is 5.69 Å². The molecular weight excluding hydrogens is 258 g/mol. The molecule has 0 aliphatic carbocycles. The van der Waals surface area contributed by atoms with Crippen molar-refractivity contribution in [2.75, 3.05) is 0 Å². The van der Waals surface area contributed by atoms with Crippen molar-refractivity contribution in [3.05, 3.63) is 67.5 Å². The van der Waals surface area contributed by atoms with E-state index in [4.69, 9.17) is 0 Å². The summed E-state index contributed by atoms with van der Waals surface area (Å²) >= 11 is 1.05. The number of rotatable bonds is 3. The maximum Gasteiger partial charge on any atom is 0.338 e. The average Bonchev–Trinajstić information content (AvgIpc) is 2.33. The standard InChI is InChI=1S/C10H7N3O4S/c14-9-5-6-12(10(15)11-9)18-8-3-1-7(2-4-8)13(16)17/h1-6H,(H,11,14,15). The second-order valence-corrected chi connectivity index (χ2v) is 4.33. The van der Waals surface area contributed by atoms with Gasteiger partial charge in [-0.15, -0.1) is 0 Å². The molecule has 0 radical (unpaired) electrons. The zero-order chi connectivity index (χ0) is 13.1. The van der Waals surface area contributed by atoms with E-state index >= 15 is 0 Å². The van der Waals surface area contributed by atoms with Gasteiger partial charge in [0, 0.05) is 29.3 Å². The molecule has 0 atom stereocenters. The van der Waals surface area contributed by atoms with Gasteiger partial charge in [-0.05, 0) is 24.1 Å². The summed E-state index contributed by atoms with van der Waals surface area (Å²) in [5.41, 5.74) is -1.04. The fraction of sp³-hybridized carbons (Fsp3) is 0. The van der Waals surface area contributed by atoms with Gasteiger partial charge in [-0.25, -0.2) is 8.77 Å². The third-order valence-corrected chi connectivity index (χ3v) is 3.01. The fourth-order valence-corrected chi connectivity index (χ4v) is 1.95. The zero-order valence-corrected chi connectivity index (χ0v) is 9.72. The quantitative estimate of drug-likeness (QED) is 0.659. The number of aromatic amines is 1. The highest BCUT2D eigenvalue weighted by atomic mass is 32.2. The molecule has 0 bridgehead atoms. The van der Waals surface area contributed by atoms with Crippen LogP contribution in [-0.2, 0) is 0 Å². The second-order valence-electron chi connectivity index (χ2n) is 3.28. The first-order valence-corrected chi connectivity index (χ1v) is 5.58. The third-order valence-electron chi connectivity index (χ3n) is 2.04. The van der Waals surface area contributed by atoms with Crippen LogP contribution in [0.5, 0.6) is 0 Å². The van der Waals surface area contributed by atoms with Gasteiger partial charge in [0.05, 0.1) is 4.92 Å². The minimum Gasteiger partial charge on any atom is -0.273 e. The Morgan fingerprint density at radius 2 is 1.83 bits per heavy atom. The maximum atomic E-state index is 11.4. The first kappa shape index (κ1) is 12.1. The summed E-state index contributed by atoms with van der Waals surface area (Å²) in [5, 5.41) is 10.5. The van der Waals surface area contributed by atoms with Crippen LogP contribution < -0.4 is 11.2 Å². The van der Waals surface area contributed by atoms with Gasteiger partial charge in [0.15, 0.2) is 0 Å². The molecule has 2 rings (SSSR count). The topological polar surface area (TPSA) is 98.0 Å². The Balaban J connectivity index is 2.26. The largest absolute Gasteiger partial charge is 0.338 e. The Morgan fingerprint density at radius 3 is 2.39 bits per heavy atom. The van der Waals surface area contributed by atoms with Crippen LogP contribution in [0, 0.1) is 10.1 Å². The van der Waals surface area contributed by atoms with Crippen molar-refractivity contribution in [1.29, 1.82) is 0 Å². The summed E-state index contributed by atoms with van der Waals surface area (Å²) < 4.78 is 1.22. The van der Waals surface area contributed by atoms with E-state index in [1.807, 2.05) is 0 Å². The van der Waals surface area contributed by atoms with E-state index in [2.05, 4.69) is 4.98 Å².